The molecule has 0 saturated carbocycles. The Balaban J connectivity index is 1.94. The molecule has 3 aromatic carbocycles. The second-order valence-corrected chi connectivity index (χ2v) is 5.60. The lowest BCUT2D eigenvalue weighted by Crippen LogP contribution is -2.07. The van der Waals surface area contributed by atoms with Crippen LogP contribution >= 0.6 is 0 Å². The second-order valence-electron chi connectivity index (χ2n) is 5.60. The lowest BCUT2D eigenvalue weighted by Gasteiger charge is -2.12. The summed E-state index contributed by atoms with van der Waals surface area (Å²) >= 11 is 0. The van der Waals surface area contributed by atoms with E-state index >= 15 is 0 Å². The maximum atomic E-state index is 14.1. The van der Waals surface area contributed by atoms with Gasteiger partial charge in [-0.1, -0.05) is 42.5 Å². The molecule has 0 aliphatic heterocycles. The average Bonchev–Trinajstić information content (AvgIpc) is 3.02. The van der Waals surface area contributed by atoms with E-state index in [1.54, 1.807) is 41.1 Å². The molecule has 4 heteroatoms. The van der Waals surface area contributed by atoms with Crippen LogP contribution in [0.1, 0.15) is 5.56 Å². The number of hydrogen-bond acceptors (Lipinski definition) is 2. The topological polar surface area (TPSA) is 38.0 Å². The minimum atomic E-state index is -0.433. The summed E-state index contributed by atoms with van der Waals surface area (Å²) in [6.07, 6.45) is 0. The van der Waals surface area contributed by atoms with E-state index in [-0.39, 0.29) is 5.75 Å². The van der Waals surface area contributed by atoms with Gasteiger partial charge in [-0.15, -0.1) is 0 Å². The minimum absolute atomic E-state index is 0.140. The van der Waals surface area contributed by atoms with Crippen molar-refractivity contribution in [1.82, 2.24) is 4.73 Å². The van der Waals surface area contributed by atoms with E-state index in [0.717, 1.165) is 22.2 Å². The number of para-hydroxylation sites is 1. The predicted octanol–water partition coefficient (Wildman–Crippen LogP) is 5.16. The highest BCUT2D eigenvalue weighted by Gasteiger charge is 2.14. The highest BCUT2D eigenvalue weighted by molar-refractivity contribution is 5.87. The van der Waals surface area contributed by atoms with E-state index < -0.39 is 5.82 Å². The van der Waals surface area contributed by atoms with E-state index in [1.165, 1.54) is 6.07 Å². The molecule has 4 rings (SSSR count). The molecule has 1 heterocycles. The average molecular weight is 328 g/mol. The summed E-state index contributed by atoms with van der Waals surface area (Å²) in [7, 11) is 0. The first kappa shape index (κ1) is 15.0. The van der Waals surface area contributed by atoms with Crippen LogP contribution in [0.3, 0.4) is 0 Å². The zero-order chi connectivity index (χ0) is 17.2. The Morgan fingerprint density at radius 1 is 0.880 bits per heavy atom. The van der Waals surface area contributed by atoms with Crippen molar-refractivity contribution in [2.45, 2.75) is 0 Å². The monoisotopic (exact) mass is 328 g/mol. The summed E-state index contributed by atoms with van der Waals surface area (Å²) in [4.78, 5) is 5.88. The van der Waals surface area contributed by atoms with Crippen LogP contribution in [0.15, 0.2) is 78.9 Å². The van der Waals surface area contributed by atoms with Crippen molar-refractivity contribution in [1.29, 1.82) is 5.26 Å². The molecule has 0 amide bonds. The number of hydrogen-bond donors (Lipinski definition) is 0. The van der Waals surface area contributed by atoms with Crippen LogP contribution in [-0.4, -0.2) is 4.73 Å². The number of nitriles is 1. The fraction of sp³-hybridized carbons (Fsp3) is 0. The van der Waals surface area contributed by atoms with E-state index in [1.807, 2.05) is 36.4 Å². The first-order chi connectivity index (χ1) is 12.3. The standard InChI is InChI=1S/C21H13FN2O/c22-18-8-4-5-9-21(18)25-24-19-11-10-15(14-23)12-17(19)13-20(24)16-6-2-1-3-7-16/h1-13H. The molecule has 25 heavy (non-hydrogen) atoms. The lowest BCUT2D eigenvalue weighted by molar-refractivity contribution is 0.222. The van der Waals surface area contributed by atoms with Crippen molar-refractivity contribution >= 4 is 10.9 Å². The molecular weight excluding hydrogens is 315 g/mol. The molecule has 0 aliphatic rings. The molecule has 0 aliphatic carbocycles. The van der Waals surface area contributed by atoms with Crippen molar-refractivity contribution in [2.75, 3.05) is 0 Å². The van der Waals surface area contributed by atoms with Crippen LogP contribution in [0.25, 0.3) is 22.2 Å². The molecule has 0 N–H and O–H groups in total. The SMILES string of the molecule is N#Cc1ccc2c(c1)cc(-c1ccccc1)n2Oc1ccccc1F. The highest BCUT2D eigenvalue weighted by atomic mass is 19.1. The van der Waals surface area contributed by atoms with Crippen LogP contribution in [0.2, 0.25) is 0 Å². The van der Waals surface area contributed by atoms with Crippen molar-refractivity contribution in [3.05, 3.63) is 90.2 Å². The Kier molecular flexibility index (Phi) is 3.68. The van der Waals surface area contributed by atoms with Crippen molar-refractivity contribution < 1.29 is 9.23 Å². The summed E-state index contributed by atoms with van der Waals surface area (Å²) in [5.41, 5.74) is 3.05. The third-order valence-corrected chi connectivity index (χ3v) is 3.98. The smallest absolute Gasteiger partial charge is 0.191 e. The molecule has 4 aromatic rings. The number of benzene rings is 3. The number of aromatic nitrogens is 1. The molecule has 0 spiro atoms. The third kappa shape index (κ3) is 2.73. The fourth-order valence-electron chi connectivity index (χ4n) is 2.79. The molecule has 1 aromatic heterocycles. The Labute approximate surface area is 144 Å². The number of halogens is 1. The van der Waals surface area contributed by atoms with Gasteiger partial charge in [-0.25, -0.2) is 4.39 Å². The first-order valence-electron chi connectivity index (χ1n) is 7.80. The zero-order valence-electron chi connectivity index (χ0n) is 13.2. The van der Waals surface area contributed by atoms with Crippen molar-refractivity contribution in [3.8, 4) is 23.1 Å². The number of fused-ring (bicyclic) bond motifs is 1. The van der Waals surface area contributed by atoms with Gasteiger partial charge in [0.1, 0.15) is 0 Å². The molecular formula is C21H13FN2O. The molecule has 0 bridgehead atoms. The number of nitrogens with zero attached hydrogens (tertiary/aromatic N) is 2. The van der Waals surface area contributed by atoms with Gasteiger partial charge in [-0.3, -0.25) is 0 Å². The van der Waals surface area contributed by atoms with Crippen LogP contribution < -0.4 is 4.84 Å². The van der Waals surface area contributed by atoms with Gasteiger partial charge in [0.2, 0.25) is 0 Å². The Hall–Kier alpha value is -3.58. The molecule has 0 atom stereocenters. The van der Waals surface area contributed by atoms with E-state index in [2.05, 4.69) is 6.07 Å². The van der Waals surface area contributed by atoms with Gasteiger partial charge in [0, 0.05) is 10.9 Å². The number of rotatable bonds is 3. The van der Waals surface area contributed by atoms with Gasteiger partial charge >= 0.3 is 0 Å². The minimum Gasteiger partial charge on any atom is -0.372 e. The highest BCUT2D eigenvalue weighted by Crippen LogP contribution is 2.30. The van der Waals surface area contributed by atoms with Gasteiger partial charge in [0.05, 0.1) is 22.8 Å². The molecule has 0 saturated heterocycles. The quantitative estimate of drug-likeness (QED) is 0.521. The van der Waals surface area contributed by atoms with E-state index in [9.17, 15) is 4.39 Å². The fourth-order valence-corrected chi connectivity index (χ4v) is 2.79. The van der Waals surface area contributed by atoms with E-state index in [4.69, 9.17) is 10.1 Å². The second kappa shape index (κ2) is 6.14. The summed E-state index contributed by atoms with van der Waals surface area (Å²) in [5, 5.41) is 9.98. The zero-order valence-corrected chi connectivity index (χ0v) is 13.2. The summed E-state index contributed by atoms with van der Waals surface area (Å²) in [5.74, 6) is -0.293. The van der Waals surface area contributed by atoms with Crippen LogP contribution in [0.5, 0.6) is 5.75 Å². The molecule has 0 fully saturated rings. The molecule has 120 valence electrons. The third-order valence-electron chi connectivity index (χ3n) is 3.98. The molecule has 0 unspecified atom stereocenters. The summed E-state index contributed by atoms with van der Waals surface area (Å²) < 4.78 is 15.7. The predicted molar refractivity (Wildman–Crippen MR) is 94.5 cm³/mol. The Morgan fingerprint density at radius 3 is 2.40 bits per heavy atom. The normalized spacial score (nSPS) is 10.6. The largest absolute Gasteiger partial charge is 0.372 e. The maximum absolute atomic E-state index is 14.1. The van der Waals surface area contributed by atoms with Crippen LogP contribution in [0, 0.1) is 17.1 Å². The maximum Gasteiger partial charge on any atom is 0.191 e. The summed E-state index contributed by atoms with van der Waals surface area (Å²) in [6.45, 7) is 0. The van der Waals surface area contributed by atoms with Gasteiger partial charge in [-0.2, -0.15) is 9.99 Å². The van der Waals surface area contributed by atoms with Gasteiger partial charge < -0.3 is 4.84 Å². The molecule has 3 nitrogen and oxygen atoms in total. The van der Waals surface area contributed by atoms with Gasteiger partial charge in [-0.05, 0) is 36.4 Å². The van der Waals surface area contributed by atoms with Crippen molar-refractivity contribution in [3.63, 3.8) is 0 Å². The molecule has 0 radical (unpaired) electrons. The van der Waals surface area contributed by atoms with Crippen molar-refractivity contribution in [2.24, 2.45) is 0 Å². The van der Waals surface area contributed by atoms with Crippen LogP contribution in [-0.2, 0) is 0 Å². The van der Waals surface area contributed by atoms with Crippen LogP contribution in [0.4, 0.5) is 4.39 Å². The Bertz CT molecular complexity index is 1090. The lowest BCUT2D eigenvalue weighted by atomic mass is 10.1. The van der Waals surface area contributed by atoms with Gasteiger partial charge in [0.25, 0.3) is 0 Å². The summed E-state index contributed by atoms with van der Waals surface area (Å²) in [6, 6.07) is 25.4. The van der Waals surface area contributed by atoms with Gasteiger partial charge in [0.15, 0.2) is 11.6 Å². The van der Waals surface area contributed by atoms with E-state index in [0.29, 0.717) is 5.56 Å². The Morgan fingerprint density at radius 2 is 1.64 bits per heavy atom. The first-order valence-corrected chi connectivity index (χ1v) is 7.80.